The Labute approximate surface area is 79.8 Å². The molecule has 0 rings (SSSR count). The number of Topliss-reactive ketones (excluding diaryl/α,β-unsaturated/α-hetero) is 1. The third-order valence-corrected chi connectivity index (χ3v) is 2.26. The second-order valence-electron chi connectivity index (χ2n) is 3.39. The molecule has 0 radical (unpaired) electrons. The Morgan fingerprint density at radius 2 is 1.77 bits per heavy atom. The van der Waals surface area contributed by atoms with E-state index >= 15 is 0 Å². The molecule has 2 N–H and O–H groups in total. The number of aliphatic hydroxyl groups excluding tert-OH is 2. The Morgan fingerprint density at radius 3 is 2.23 bits per heavy atom. The Kier molecular flexibility index (Phi) is 7.94. The molecule has 1 unspecified atom stereocenters. The highest BCUT2D eigenvalue weighted by atomic mass is 16.3. The van der Waals surface area contributed by atoms with Gasteiger partial charge < -0.3 is 10.2 Å². The molecule has 0 aromatic carbocycles. The van der Waals surface area contributed by atoms with Crippen molar-refractivity contribution in [3.8, 4) is 0 Å². The number of unbranched alkanes of at least 4 members (excludes halogenated alkanes) is 2. The molecule has 0 aliphatic heterocycles. The maximum Gasteiger partial charge on any atom is 0.132 e. The highest BCUT2D eigenvalue weighted by Gasteiger charge is 2.12. The van der Waals surface area contributed by atoms with Crippen LogP contribution in [0.5, 0.6) is 0 Å². The van der Waals surface area contributed by atoms with Gasteiger partial charge in [-0.3, -0.25) is 4.79 Å². The molecule has 0 spiro atoms. The molecule has 78 valence electrons. The van der Waals surface area contributed by atoms with Crippen molar-refractivity contribution in [1.29, 1.82) is 0 Å². The van der Waals surface area contributed by atoms with Crippen LogP contribution in [-0.4, -0.2) is 29.2 Å². The molecule has 0 amide bonds. The Bertz CT molecular complexity index is 134. The van der Waals surface area contributed by atoms with E-state index in [0.717, 1.165) is 25.7 Å². The average Bonchev–Trinajstić information content (AvgIpc) is 2.10. The Hall–Kier alpha value is -0.410. The average molecular weight is 188 g/mol. The summed E-state index contributed by atoms with van der Waals surface area (Å²) in [6.45, 7) is 1.89. The highest BCUT2D eigenvalue weighted by molar-refractivity contribution is 5.78. The Morgan fingerprint density at radius 1 is 1.08 bits per heavy atom. The molecule has 3 heteroatoms. The summed E-state index contributed by atoms with van der Waals surface area (Å²) in [6, 6.07) is 0. The third-order valence-electron chi connectivity index (χ3n) is 2.26. The molecule has 0 heterocycles. The summed E-state index contributed by atoms with van der Waals surface area (Å²) in [5.74, 6) is 0.182. The van der Waals surface area contributed by atoms with Gasteiger partial charge in [0.2, 0.25) is 0 Å². The molecule has 0 fully saturated rings. The second kappa shape index (κ2) is 8.20. The molecule has 0 bridgehead atoms. The quantitative estimate of drug-likeness (QED) is 0.561. The van der Waals surface area contributed by atoms with Gasteiger partial charge in [0.05, 0.1) is 0 Å². The number of carbonyl (C=O) groups excluding carboxylic acids is 1. The van der Waals surface area contributed by atoms with Gasteiger partial charge in [-0.25, -0.2) is 0 Å². The minimum absolute atomic E-state index is 0.0173. The van der Waals surface area contributed by atoms with Gasteiger partial charge in [0.1, 0.15) is 5.78 Å². The van der Waals surface area contributed by atoms with Crippen LogP contribution in [0.4, 0.5) is 0 Å². The van der Waals surface area contributed by atoms with E-state index in [-0.39, 0.29) is 24.9 Å². The molecule has 13 heavy (non-hydrogen) atoms. The van der Waals surface area contributed by atoms with Crippen molar-refractivity contribution in [2.45, 2.75) is 39.0 Å². The van der Waals surface area contributed by atoms with Gasteiger partial charge in [0.25, 0.3) is 0 Å². The summed E-state index contributed by atoms with van der Waals surface area (Å²) in [4.78, 5) is 11.0. The lowest BCUT2D eigenvalue weighted by molar-refractivity contribution is -0.121. The number of aliphatic hydroxyl groups is 2. The minimum atomic E-state index is 0.0173. The monoisotopic (exact) mass is 188 g/mol. The second-order valence-corrected chi connectivity index (χ2v) is 3.39. The first-order chi connectivity index (χ1) is 6.22. The molecule has 0 aliphatic rings. The molecule has 0 saturated carbocycles. The van der Waals surface area contributed by atoms with E-state index < -0.39 is 0 Å². The first kappa shape index (κ1) is 12.6. The maximum absolute atomic E-state index is 11.0. The summed E-state index contributed by atoms with van der Waals surface area (Å²) >= 11 is 0. The zero-order chi connectivity index (χ0) is 10.1. The standard InChI is InChI=1S/C10H20O3/c1-9(13)10(6-8-12)5-3-2-4-7-11/h10-12H,2-8H2,1H3. The van der Waals surface area contributed by atoms with E-state index in [1.165, 1.54) is 0 Å². The fourth-order valence-electron chi connectivity index (χ4n) is 1.39. The number of rotatable bonds is 8. The Balaban J connectivity index is 3.51. The highest BCUT2D eigenvalue weighted by Crippen LogP contribution is 2.14. The molecule has 1 atom stereocenters. The zero-order valence-electron chi connectivity index (χ0n) is 8.33. The van der Waals surface area contributed by atoms with Crippen molar-refractivity contribution in [2.75, 3.05) is 13.2 Å². The lowest BCUT2D eigenvalue weighted by Gasteiger charge is -2.11. The molecule has 0 aromatic heterocycles. The summed E-state index contributed by atoms with van der Waals surface area (Å²) in [7, 11) is 0. The van der Waals surface area contributed by atoms with Gasteiger partial charge in [-0.15, -0.1) is 0 Å². The van der Waals surface area contributed by atoms with Crippen molar-refractivity contribution in [3.05, 3.63) is 0 Å². The molecule has 0 aliphatic carbocycles. The van der Waals surface area contributed by atoms with Crippen LogP contribution in [0.2, 0.25) is 0 Å². The number of hydrogen-bond donors (Lipinski definition) is 2. The largest absolute Gasteiger partial charge is 0.396 e. The SMILES string of the molecule is CC(=O)C(CCO)CCCCCO. The predicted octanol–water partition coefficient (Wildman–Crippen LogP) is 1.13. The van der Waals surface area contributed by atoms with Crippen molar-refractivity contribution >= 4 is 5.78 Å². The van der Waals surface area contributed by atoms with Crippen LogP contribution in [-0.2, 0) is 4.79 Å². The van der Waals surface area contributed by atoms with Crippen molar-refractivity contribution in [1.82, 2.24) is 0 Å². The maximum atomic E-state index is 11.0. The van der Waals surface area contributed by atoms with Crippen LogP contribution in [0.15, 0.2) is 0 Å². The molecular formula is C10H20O3. The summed E-state index contributed by atoms with van der Waals surface area (Å²) in [6.07, 6.45) is 4.16. The van der Waals surface area contributed by atoms with Crippen LogP contribution < -0.4 is 0 Å². The first-order valence-corrected chi connectivity index (χ1v) is 4.94. The van der Waals surface area contributed by atoms with Crippen LogP contribution in [0, 0.1) is 5.92 Å². The molecular weight excluding hydrogens is 168 g/mol. The fraction of sp³-hybridized carbons (Fsp3) is 0.900. The van der Waals surface area contributed by atoms with Crippen LogP contribution >= 0.6 is 0 Å². The number of hydrogen-bond acceptors (Lipinski definition) is 3. The van der Waals surface area contributed by atoms with Crippen molar-refractivity contribution in [2.24, 2.45) is 5.92 Å². The van der Waals surface area contributed by atoms with E-state index in [2.05, 4.69) is 0 Å². The minimum Gasteiger partial charge on any atom is -0.396 e. The number of carbonyl (C=O) groups is 1. The van der Waals surface area contributed by atoms with Gasteiger partial charge in [-0.2, -0.15) is 0 Å². The lowest BCUT2D eigenvalue weighted by Crippen LogP contribution is -2.12. The summed E-state index contributed by atoms with van der Waals surface area (Å²) in [5.41, 5.74) is 0. The smallest absolute Gasteiger partial charge is 0.132 e. The summed E-state index contributed by atoms with van der Waals surface area (Å²) < 4.78 is 0. The van der Waals surface area contributed by atoms with E-state index in [4.69, 9.17) is 10.2 Å². The third kappa shape index (κ3) is 6.72. The first-order valence-electron chi connectivity index (χ1n) is 4.94. The zero-order valence-corrected chi connectivity index (χ0v) is 8.33. The summed E-state index contributed by atoms with van der Waals surface area (Å²) in [5, 5.41) is 17.2. The lowest BCUT2D eigenvalue weighted by atomic mass is 9.95. The predicted molar refractivity (Wildman–Crippen MR) is 51.4 cm³/mol. The van der Waals surface area contributed by atoms with Gasteiger partial charge in [-0.05, 0) is 26.2 Å². The number of ketones is 1. The van der Waals surface area contributed by atoms with E-state index in [1.807, 2.05) is 0 Å². The van der Waals surface area contributed by atoms with Crippen LogP contribution in [0.1, 0.15) is 39.0 Å². The van der Waals surface area contributed by atoms with Crippen molar-refractivity contribution < 1.29 is 15.0 Å². The normalized spacial score (nSPS) is 12.8. The van der Waals surface area contributed by atoms with Crippen LogP contribution in [0.3, 0.4) is 0 Å². The topological polar surface area (TPSA) is 57.5 Å². The van der Waals surface area contributed by atoms with Crippen molar-refractivity contribution in [3.63, 3.8) is 0 Å². The van der Waals surface area contributed by atoms with Crippen LogP contribution in [0.25, 0.3) is 0 Å². The molecule has 0 saturated heterocycles. The van der Waals surface area contributed by atoms with E-state index in [1.54, 1.807) is 6.92 Å². The molecule has 3 nitrogen and oxygen atoms in total. The fourth-order valence-corrected chi connectivity index (χ4v) is 1.39. The van der Waals surface area contributed by atoms with E-state index in [9.17, 15) is 4.79 Å². The van der Waals surface area contributed by atoms with E-state index in [0.29, 0.717) is 6.42 Å². The van der Waals surface area contributed by atoms with Gasteiger partial charge in [0.15, 0.2) is 0 Å². The van der Waals surface area contributed by atoms with Gasteiger partial charge in [-0.1, -0.05) is 12.8 Å². The van der Waals surface area contributed by atoms with Gasteiger partial charge >= 0.3 is 0 Å². The molecule has 0 aromatic rings. The van der Waals surface area contributed by atoms with Gasteiger partial charge in [0, 0.05) is 19.1 Å².